The van der Waals surface area contributed by atoms with E-state index in [1.807, 2.05) is 24.3 Å². The summed E-state index contributed by atoms with van der Waals surface area (Å²) in [4.78, 5) is 36.0. The van der Waals surface area contributed by atoms with E-state index in [1.54, 1.807) is 0 Å². The first-order chi connectivity index (χ1) is 13.6. The van der Waals surface area contributed by atoms with Crippen molar-refractivity contribution in [2.75, 3.05) is 11.9 Å². The van der Waals surface area contributed by atoms with Gasteiger partial charge in [-0.05, 0) is 43.4 Å². The molecule has 0 aromatic heterocycles. The van der Waals surface area contributed by atoms with E-state index in [9.17, 15) is 14.4 Å². The Morgan fingerprint density at radius 3 is 2.54 bits per heavy atom. The third-order valence-electron chi connectivity index (χ3n) is 5.14. The van der Waals surface area contributed by atoms with Gasteiger partial charge < -0.3 is 15.4 Å². The molecule has 1 heterocycles. The molecule has 0 radical (unpaired) electrons. The molecule has 1 aliphatic carbocycles. The fraction of sp³-hybridized carbons (Fsp3) is 0.550. The summed E-state index contributed by atoms with van der Waals surface area (Å²) in [7, 11) is 0. The number of amides is 4. The molecule has 4 amide bonds. The van der Waals surface area contributed by atoms with Crippen LogP contribution in [0.25, 0.3) is 0 Å². The second-order valence-corrected chi connectivity index (χ2v) is 7.32. The van der Waals surface area contributed by atoms with Crippen LogP contribution in [0, 0.1) is 5.92 Å². The van der Waals surface area contributed by atoms with E-state index in [0.717, 1.165) is 43.4 Å². The maximum Gasteiger partial charge on any atom is 0.333 e. The average molecular weight is 388 g/mol. The average Bonchev–Trinajstić information content (AvgIpc) is 3.26. The minimum Gasteiger partial charge on any atom is -0.368 e. The number of carbonyl (C=O) groups excluding carboxylic acids is 3. The SMILES string of the molecule is O=C(NCc1cccc(NC(=O)C2CCCCC2)c1)NNC(=O)C1CCCO1. The van der Waals surface area contributed by atoms with Gasteiger partial charge in [0.25, 0.3) is 5.91 Å². The van der Waals surface area contributed by atoms with Gasteiger partial charge in [-0.3, -0.25) is 15.0 Å². The molecule has 28 heavy (non-hydrogen) atoms. The zero-order valence-corrected chi connectivity index (χ0v) is 16.0. The lowest BCUT2D eigenvalue weighted by atomic mass is 9.88. The molecular formula is C20H28N4O4. The zero-order chi connectivity index (χ0) is 19.8. The molecule has 0 spiro atoms. The molecule has 2 aliphatic rings. The van der Waals surface area contributed by atoms with Crippen LogP contribution in [0.4, 0.5) is 10.5 Å². The molecule has 8 heteroatoms. The van der Waals surface area contributed by atoms with Crippen LogP contribution >= 0.6 is 0 Å². The van der Waals surface area contributed by atoms with Crippen molar-refractivity contribution in [1.29, 1.82) is 0 Å². The van der Waals surface area contributed by atoms with Gasteiger partial charge in [-0.2, -0.15) is 0 Å². The Hall–Kier alpha value is -2.61. The summed E-state index contributed by atoms with van der Waals surface area (Å²) < 4.78 is 5.25. The lowest BCUT2D eigenvalue weighted by Gasteiger charge is -2.20. The van der Waals surface area contributed by atoms with Gasteiger partial charge in [0.15, 0.2) is 0 Å². The number of nitrogens with one attached hydrogen (secondary N) is 4. The second kappa shape index (κ2) is 10.1. The Bertz CT molecular complexity index is 697. The number of rotatable bonds is 5. The van der Waals surface area contributed by atoms with E-state index in [2.05, 4.69) is 21.5 Å². The number of carbonyl (C=O) groups is 3. The van der Waals surface area contributed by atoms with Crippen LogP contribution in [0.3, 0.4) is 0 Å². The van der Waals surface area contributed by atoms with Crippen molar-refractivity contribution >= 4 is 23.5 Å². The minimum atomic E-state index is -0.511. The Kier molecular flexibility index (Phi) is 7.25. The molecule has 1 atom stereocenters. The lowest BCUT2D eigenvalue weighted by Crippen LogP contribution is -2.49. The molecule has 1 saturated carbocycles. The molecule has 0 bridgehead atoms. The Morgan fingerprint density at radius 1 is 0.964 bits per heavy atom. The summed E-state index contributed by atoms with van der Waals surface area (Å²) in [5.41, 5.74) is 6.24. The van der Waals surface area contributed by atoms with Crippen LogP contribution in [0.5, 0.6) is 0 Å². The van der Waals surface area contributed by atoms with Gasteiger partial charge in [-0.25, -0.2) is 10.2 Å². The van der Waals surface area contributed by atoms with Crippen LogP contribution in [0.1, 0.15) is 50.5 Å². The largest absolute Gasteiger partial charge is 0.368 e. The lowest BCUT2D eigenvalue weighted by molar-refractivity contribution is -0.130. The minimum absolute atomic E-state index is 0.0689. The number of hydrazine groups is 1. The predicted octanol–water partition coefficient (Wildman–Crippen LogP) is 2.21. The van der Waals surface area contributed by atoms with E-state index >= 15 is 0 Å². The highest BCUT2D eigenvalue weighted by Crippen LogP contribution is 2.25. The molecule has 3 rings (SSSR count). The molecule has 2 fully saturated rings. The second-order valence-electron chi connectivity index (χ2n) is 7.32. The van der Waals surface area contributed by atoms with E-state index in [4.69, 9.17) is 4.74 Å². The van der Waals surface area contributed by atoms with Gasteiger partial charge in [-0.1, -0.05) is 31.4 Å². The molecule has 1 unspecified atom stereocenters. The highest BCUT2D eigenvalue weighted by atomic mass is 16.5. The van der Waals surface area contributed by atoms with E-state index < -0.39 is 12.1 Å². The number of ether oxygens (including phenoxy) is 1. The van der Waals surface area contributed by atoms with Crippen LogP contribution in [-0.2, 0) is 20.9 Å². The Labute approximate surface area is 164 Å². The van der Waals surface area contributed by atoms with Crippen LogP contribution < -0.4 is 21.5 Å². The van der Waals surface area contributed by atoms with Crippen molar-refractivity contribution < 1.29 is 19.1 Å². The fourth-order valence-electron chi connectivity index (χ4n) is 3.58. The first-order valence-corrected chi connectivity index (χ1v) is 9.97. The maximum absolute atomic E-state index is 12.4. The van der Waals surface area contributed by atoms with Crippen molar-refractivity contribution in [2.24, 2.45) is 5.92 Å². The van der Waals surface area contributed by atoms with E-state index in [1.165, 1.54) is 6.42 Å². The highest BCUT2D eigenvalue weighted by Gasteiger charge is 2.23. The summed E-state index contributed by atoms with van der Waals surface area (Å²) in [5, 5.41) is 5.64. The maximum atomic E-state index is 12.4. The highest BCUT2D eigenvalue weighted by molar-refractivity contribution is 5.92. The van der Waals surface area contributed by atoms with E-state index in [0.29, 0.717) is 13.0 Å². The van der Waals surface area contributed by atoms with Crippen LogP contribution in [-0.4, -0.2) is 30.6 Å². The van der Waals surface area contributed by atoms with Gasteiger partial charge in [0, 0.05) is 24.8 Å². The van der Waals surface area contributed by atoms with Crippen molar-refractivity contribution in [3.05, 3.63) is 29.8 Å². The van der Waals surface area contributed by atoms with E-state index in [-0.39, 0.29) is 24.3 Å². The molecular weight excluding hydrogens is 360 g/mol. The summed E-state index contributed by atoms with van der Waals surface area (Å²) in [6.45, 7) is 0.840. The number of urea groups is 1. The smallest absolute Gasteiger partial charge is 0.333 e. The summed E-state index contributed by atoms with van der Waals surface area (Å²) >= 11 is 0. The topological polar surface area (TPSA) is 109 Å². The number of anilines is 1. The van der Waals surface area contributed by atoms with Gasteiger partial charge in [0.05, 0.1) is 0 Å². The van der Waals surface area contributed by atoms with Crippen LogP contribution in [0.2, 0.25) is 0 Å². The third-order valence-corrected chi connectivity index (χ3v) is 5.14. The third kappa shape index (κ3) is 5.95. The van der Waals surface area contributed by atoms with Crippen LogP contribution in [0.15, 0.2) is 24.3 Å². The monoisotopic (exact) mass is 388 g/mol. The molecule has 1 aliphatic heterocycles. The molecule has 1 aromatic rings. The molecule has 4 N–H and O–H groups in total. The quantitative estimate of drug-likeness (QED) is 0.580. The summed E-state index contributed by atoms with van der Waals surface area (Å²) in [5.74, 6) is -0.187. The normalized spacial score (nSPS) is 19.6. The standard InChI is InChI=1S/C20H28N4O4/c25-18(15-7-2-1-3-8-15)22-16-9-4-6-14(12-16)13-21-20(27)24-23-19(26)17-10-5-11-28-17/h4,6,9,12,15,17H,1-3,5,7-8,10-11,13H2,(H,22,25)(H,23,26)(H2,21,24,27). The Balaban J connectivity index is 1.41. The van der Waals surface area contributed by atoms with Gasteiger partial charge in [-0.15, -0.1) is 0 Å². The van der Waals surface area contributed by atoms with Crippen molar-refractivity contribution in [2.45, 2.75) is 57.6 Å². The van der Waals surface area contributed by atoms with Gasteiger partial charge in [0.1, 0.15) is 6.10 Å². The number of hydrogen-bond donors (Lipinski definition) is 4. The molecule has 1 saturated heterocycles. The molecule has 8 nitrogen and oxygen atoms in total. The van der Waals surface area contributed by atoms with Crippen molar-refractivity contribution in [3.63, 3.8) is 0 Å². The first-order valence-electron chi connectivity index (χ1n) is 9.97. The van der Waals surface area contributed by atoms with Crippen molar-refractivity contribution in [1.82, 2.24) is 16.2 Å². The van der Waals surface area contributed by atoms with Crippen molar-refractivity contribution in [3.8, 4) is 0 Å². The van der Waals surface area contributed by atoms with Gasteiger partial charge >= 0.3 is 6.03 Å². The first kappa shape index (κ1) is 20.1. The number of benzene rings is 1. The molecule has 152 valence electrons. The summed E-state index contributed by atoms with van der Waals surface area (Å²) in [6, 6.07) is 6.87. The summed E-state index contributed by atoms with van der Waals surface area (Å²) in [6.07, 6.45) is 6.34. The molecule has 1 aromatic carbocycles. The number of hydrogen-bond acceptors (Lipinski definition) is 4. The fourth-order valence-corrected chi connectivity index (χ4v) is 3.58. The van der Waals surface area contributed by atoms with Gasteiger partial charge in [0.2, 0.25) is 5.91 Å². The zero-order valence-electron chi connectivity index (χ0n) is 16.0. The predicted molar refractivity (Wildman–Crippen MR) is 104 cm³/mol. The Morgan fingerprint density at radius 2 is 1.79 bits per heavy atom.